The molecule has 2 aromatic rings. The Hall–Kier alpha value is -2.45. The van der Waals surface area contributed by atoms with E-state index in [0.29, 0.717) is 22.1 Å². The average molecular weight is 425 g/mol. The van der Waals surface area contributed by atoms with Crippen molar-refractivity contribution in [2.45, 2.75) is 19.4 Å². The van der Waals surface area contributed by atoms with Crippen LogP contribution in [0.3, 0.4) is 0 Å². The number of benzene rings is 2. The summed E-state index contributed by atoms with van der Waals surface area (Å²) in [4.78, 5) is 12.8. The summed E-state index contributed by atoms with van der Waals surface area (Å²) in [6.07, 6.45) is 0.409. The summed E-state index contributed by atoms with van der Waals surface area (Å²) in [6, 6.07) is 10.1. The number of nitrogens with zero attached hydrogens (tertiary/aromatic N) is 1. The summed E-state index contributed by atoms with van der Waals surface area (Å²) in [5, 5.41) is 3.19. The number of hydrogen-bond acceptors (Lipinski definition) is 5. The highest BCUT2D eigenvalue weighted by Gasteiger charge is 2.31. The van der Waals surface area contributed by atoms with Crippen LogP contribution in [0.5, 0.6) is 11.5 Å². The van der Waals surface area contributed by atoms with Gasteiger partial charge in [-0.15, -0.1) is 0 Å². The van der Waals surface area contributed by atoms with Crippen molar-refractivity contribution in [2.75, 3.05) is 29.5 Å². The van der Waals surface area contributed by atoms with E-state index < -0.39 is 16.1 Å². The number of nitrogens with one attached hydrogen (secondary N) is 1. The Kier molecular flexibility index (Phi) is 5.71. The van der Waals surface area contributed by atoms with Crippen LogP contribution in [0.25, 0.3) is 0 Å². The first kappa shape index (κ1) is 20.3. The number of ether oxygens (including phenoxy) is 2. The molecule has 0 unspecified atom stereocenters. The van der Waals surface area contributed by atoms with E-state index in [1.807, 2.05) is 13.0 Å². The molecule has 150 valence electrons. The number of aryl methyl sites for hydroxylation is 1. The van der Waals surface area contributed by atoms with E-state index in [2.05, 4.69) is 5.32 Å². The number of hydrogen-bond donors (Lipinski definition) is 1. The van der Waals surface area contributed by atoms with Crippen LogP contribution in [0.2, 0.25) is 5.02 Å². The van der Waals surface area contributed by atoms with Crippen LogP contribution in [0, 0.1) is 6.92 Å². The molecule has 1 amide bonds. The first-order valence-electron chi connectivity index (χ1n) is 8.58. The van der Waals surface area contributed by atoms with Crippen LogP contribution < -0.4 is 19.1 Å². The molecule has 0 aliphatic carbocycles. The van der Waals surface area contributed by atoms with Gasteiger partial charge < -0.3 is 14.8 Å². The molecular formula is C19H21ClN2O5S. The van der Waals surface area contributed by atoms with Crippen molar-refractivity contribution in [3.8, 4) is 11.5 Å². The average Bonchev–Trinajstić information content (AvgIpc) is 2.81. The normalized spacial score (nSPS) is 16.6. The fourth-order valence-electron chi connectivity index (χ4n) is 3.01. The lowest BCUT2D eigenvalue weighted by atomic mass is 10.2. The summed E-state index contributed by atoms with van der Waals surface area (Å²) >= 11 is 6.03. The third-order valence-corrected chi connectivity index (χ3v) is 5.77. The molecule has 1 atom stereocenters. The zero-order valence-corrected chi connectivity index (χ0v) is 17.3. The highest BCUT2D eigenvalue weighted by atomic mass is 35.5. The molecular weight excluding hydrogens is 404 g/mol. The fraction of sp³-hybridized carbons (Fsp3) is 0.316. The number of methoxy groups -OCH3 is 1. The maximum atomic E-state index is 12.8. The summed E-state index contributed by atoms with van der Waals surface area (Å²) in [5.74, 6) is 0.418. The largest absolute Gasteiger partial charge is 0.495 e. The quantitative estimate of drug-likeness (QED) is 0.814. The van der Waals surface area contributed by atoms with Crippen LogP contribution in [-0.4, -0.2) is 40.3 Å². The first-order valence-corrected chi connectivity index (χ1v) is 10.8. The lowest BCUT2D eigenvalue weighted by molar-refractivity contribution is -0.122. The van der Waals surface area contributed by atoms with Crippen LogP contribution >= 0.6 is 11.6 Å². The number of amides is 1. The SMILES string of the molecule is COc1ccc(C)cc1NC(=O)[C@H]1CCN(S(C)(=O)=O)c2cc(Cl)ccc2O1. The standard InChI is InChI=1S/C19H21ClN2O5S/c1-12-4-6-16(26-2)14(10-12)21-19(23)18-8-9-22(28(3,24)25)15-11-13(20)5-7-17(15)27-18/h4-7,10-11,18H,8-9H2,1-3H3,(H,21,23)/t18-/m1/s1. The number of sulfonamides is 1. The van der Waals surface area contributed by atoms with E-state index in [1.165, 1.54) is 17.5 Å². The maximum Gasteiger partial charge on any atom is 0.265 e. The van der Waals surface area contributed by atoms with Crippen LogP contribution in [0.4, 0.5) is 11.4 Å². The number of anilines is 2. The summed E-state index contributed by atoms with van der Waals surface area (Å²) < 4.78 is 36.8. The Bertz CT molecular complexity index is 1010. The van der Waals surface area contributed by atoms with Gasteiger partial charge in [0.25, 0.3) is 5.91 Å². The lowest BCUT2D eigenvalue weighted by Gasteiger charge is -2.21. The second-order valence-corrected chi connectivity index (χ2v) is 8.88. The molecule has 7 nitrogen and oxygen atoms in total. The van der Waals surface area contributed by atoms with E-state index in [-0.39, 0.29) is 24.6 Å². The number of halogens is 1. The van der Waals surface area contributed by atoms with Gasteiger partial charge in [0.1, 0.15) is 11.5 Å². The van der Waals surface area contributed by atoms with Crippen LogP contribution in [-0.2, 0) is 14.8 Å². The van der Waals surface area contributed by atoms with Crippen molar-refractivity contribution in [3.63, 3.8) is 0 Å². The zero-order chi connectivity index (χ0) is 20.5. The Labute approximate surface area is 169 Å². The molecule has 1 heterocycles. The molecule has 0 saturated carbocycles. The number of fused-ring (bicyclic) bond motifs is 1. The van der Waals surface area contributed by atoms with Crippen LogP contribution in [0.1, 0.15) is 12.0 Å². The lowest BCUT2D eigenvalue weighted by Crippen LogP contribution is -2.36. The number of carbonyl (C=O) groups excluding carboxylic acids is 1. The van der Waals surface area contributed by atoms with Crippen molar-refractivity contribution >= 4 is 38.9 Å². The topological polar surface area (TPSA) is 84.9 Å². The van der Waals surface area contributed by atoms with Gasteiger partial charge in [-0.2, -0.15) is 0 Å². The van der Waals surface area contributed by atoms with Crippen molar-refractivity contribution < 1.29 is 22.7 Å². The Morgan fingerprint density at radius 2 is 2.04 bits per heavy atom. The highest BCUT2D eigenvalue weighted by Crippen LogP contribution is 2.36. The van der Waals surface area contributed by atoms with E-state index in [1.54, 1.807) is 24.3 Å². The first-order chi connectivity index (χ1) is 13.2. The Balaban J connectivity index is 1.90. The molecule has 0 fully saturated rings. The zero-order valence-electron chi connectivity index (χ0n) is 15.7. The minimum absolute atomic E-state index is 0.0925. The predicted molar refractivity (Wildman–Crippen MR) is 109 cm³/mol. The monoisotopic (exact) mass is 424 g/mol. The van der Waals surface area contributed by atoms with Crippen molar-refractivity contribution in [3.05, 3.63) is 47.0 Å². The van der Waals surface area contributed by atoms with Crippen LogP contribution in [0.15, 0.2) is 36.4 Å². The van der Waals surface area contributed by atoms with Gasteiger partial charge in [-0.3, -0.25) is 9.10 Å². The van der Waals surface area contributed by atoms with E-state index >= 15 is 0 Å². The van der Waals surface area contributed by atoms with Crippen molar-refractivity contribution in [2.24, 2.45) is 0 Å². The molecule has 1 N–H and O–H groups in total. The van der Waals surface area contributed by atoms with Gasteiger partial charge >= 0.3 is 0 Å². The van der Waals surface area contributed by atoms with Gasteiger partial charge in [-0.1, -0.05) is 17.7 Å². The molecule has 1 aliphatic heterocycles. The fourth-order valence-corrected chi connectivity index (χ4v) is 4.12. The van der Waals surface area contributed by atoms with Gasteiger partial charge in [-0.25, -0.2) is 8.42 Å². The molecule has 0 spiro atoms. The molecule has 0 saturated heterocycles. The molecule has 2 aromatic carbocycles. The second kappa shape index (κ2) is 7.89. The van der Waals surface area contributed by atoms with E-state index in [4.69, 9.17) is 21.1 Å². The van der Waals surface area contributed by atoms with Gasteiger partial charge in [0.15, 0.2) is 6.10 Å². The smallest absolute Gasteiger partial charge is 0.265 e. The third kappa shape index (κ3) is 4.34. The number of rotatable bonds is 4. The highest BCUT2D eigenvalue weighted by molar-refractivity contribution is 7.92. The Morgan fingerprint density at radius 3 is 2.71 bits per heavy atom. The van der Waals surface area contributed by atoms with Crippen molar-refractivity contribution in [1.29, 1.82) is 0 Å². The molecule has 9 heteroatoms. The predicted octanol–water partition coefficient (Wildman–Crippen LogP) is 3.21. The molecule has 28 heavy (non-hydrogen) atoms. The Morgan fingerprint density at radius 1 is 1.29 bits per heavy atom. The van der Waals surface area contributed by atoms with E-state index in [0.717, 1.165) is 11.8 Å². The molecule has 3 rings (SSSR count). The van der Waals surface area contributed by atoms with Gasteiger partial charge in [0.05, 0.1) is 24.7 Å². The van der Waals surface area contributed by atoms with Gasteiger partial charge in [-0.05, 0) is 42.8 Å². The number of carbonyl (C=O) groups is 1. The second-order valence-electron chi connectivity index (χ2n) is 6.54. The minimum Gasteiger partial charge on any atom is -0.495 e. The molecule has 0 bridgehead atoms. The van der Waals surface area contributed by atoms with Gasteiger partial charge in [0.2, 0.25) is 10.0 Å². The summed E-state index contributed by atoms with van der Waals surface area (Å²) in [6.45, 7) is 2.00. The molecule has 1 aliphatic rings. The molecule has 0 radical (unpaired) electrons. The minimum atomic E-state index is -3.56. The van der Waals surface area contributed by atoms with Crippen molar-refractivity contribution in [1.82, 2.24) is 0 Å². The van der Waals surface area contributed by atoms with Gasteiger partial charge in [0, 0.05) is 18.0 Å². The summed E-state index contributed by atoms with van der Waals surface area (Å²) in [5.41, 5.74) is 1.80. The molecule has 0 aromatic heterocycles. The van der Waals surface area contributed by atoms with E-state index in [9.17, 15) is 13.2 Å². The summed E-state index contributed by atoms with van der Waals surface area (Å²) in [7, 11) is -2.04. The maximum absolute atomic E-state index is 12.8. The third-order valence-electron chi connectivity index (χ3n) is 4.36.